The molecule has 1 aromatic heterocycles. The summed E-state index contributed by atoms with van der Waals surface area (Å²) in [6, 6.07) is 6.87. The molecule has 6 heteroatoms. The molecule has 6 bridgehead atoms. The van der Waals surface area contributed by atoms with Crippen molar-refractivity contribution >= 4 is 11.7 Å². The molecule has 5 atom stereocenters. The number of pyridine rings is 1. The summed E-state index contributed by atoms with van der Waals surface area (Å²) < 4.78 is 6.65. The van der Waals surface area contributed by atoms with Gasteiger partial charge in [-0.05, 0) is 106 Å². The number of fused-ring (bicyclic) bond motifs is 2. The van der Waals surface area contributed by atoms with Gasteiger partial charge in [0, 0.05) is 37.8 Å². The number of amides is 1. The Morgan fingerprint density at radius 1 is 0.971 bits per heavy atom. The second-order valence-electron chi connectivity index (χ2n) is 12.9. The summed E-state index contributed by atoms with van der Waals surface area (Å²) in [4.78, 5) is 22.8. The number of aliphatic hydroxyl groups is 1. The van der Waals surface area contributed by atoms with Crippen molar-refractivity contribution in [3.8, 4) is 0 Å². The minimum Gasteiger partial charge on any atom is -0.390 e. The molecule has 4 saturated carbocycles. The maximum Gasteiger partial charge on any atom is 0.223 e. The normalized spacial score (nSPS) is 42.6. The first-order valence-electron chi connectivity index (χ1n) is 14.4. The first-order chi connectivity index (χ1) is 17.0. The zero-order valence-corrected chi connectivity index (χ0v) is 20.9. The summed E-state index contributed by atoms with van der Waals surface area (Å²) in [6.07, 6.45) is 15.1. The van der Waals surface area contributed by atoms with Gasteiger partial charge in [-0.25, -0.2) is 4.98 Å². The second kappa shape index (κ2) is 8.72. The van der Waals surface area contributed by atoms with E-state index in [0.29, 0.717) is 53.9 Å². The van der Waals surface area contributed by atoms with Crippen LogP contribution in [0.15, 0.2) is 24.4 Å². The molecule has 3 saturated heterocycles. The van der Waals surface area contributed by atoms with Crippen LogP contribution in [0.25, 0.3) is 0 Å². The van der Waals surface area contributed by atoms with Gasteiger partial charge in [0.15, 0.2) is 0 Å². The molecule has 0 spiro atoms. The van der Waals surface area contributed by atoms with Crippen LogP contribution < -0.4 is 4.90 Å². The highest BCUT2D eigenvalue weighted by Gasteiger charge is 2.55. The van der Waals surface area contributed by atoms with Crippen LogP contribution in [0.3, 0.4) is 0 Å². The van der Waals surface area contributed by atoms with E-state index in [1.807, 2.05) is 12.3 Å². The highest BCUT2D eigenvalue weighted by atomic mass is 16.5. The fourth-order valence-corrected chi connectivity index (χ4v) is 9.41. The third-order valence-corrected chi connectivity index (χ3v) is 10.6. The van der Waals surface area contributed by atoms with Crippen LogP contribution in [0.5, 0.6) is 0 Å². The van der Waals surface area contributed by atoms with E-state index in [-0.39, 0.29) is 0 Å². The van der Waals surface area contributed by atoms with Gasteiger partial charge < -0.3 is 19.6 Å². The Morgan fingerprint density at radius 3 is 2.31 bits per heavy atom. The molecule has 0 radical (unpaired) electrons. The highest BCUT2D eigenvalue weighted by molar-refractivity contribution is 5.78. The van der Waals surface area contributed by atoms with Crippen LogP contribution in [0, 0.1) is 23.7 Å². The molecule has 190 valence electrons. The van der Waals surface area contributed by atoms with Crippen molar-refractivity contribution < 1.29 is 14.6 Å². The number of rotatable bonds is 5. The van der Waals surface area contributed by atoms with Gasteiger partial charge in [0.1, 0.15) is 5.82 Å². The lowest BCUT2D eigenvalue weighted by molar-refractivity contribution is -0.163. The number of aromatic nitrogens is 1. The Balaban J connectivity index is 0.928. The van der Waals surface area contributed by atoms with Gasteiger partial charge in [-0.3, -0.25) is 4.79 Å². The van der Waals surface area contributed by atoms with Crippen LogP contribution >= 0.6 is 0 Å². The van der Waals surface area contributed by atoms with Crippen LogP contribution in [-0.2, 0) is 9.53 Å². The molecule has 3 aliphatic heterocycles. The summed E-state index contributed by atoms with van der Waals surface area (Å²) in [6.45, 7) is 2.01. The summed E-state index contributed by atoms with van der Waals surface area (Å²) in [5.74, 6) is 3.85. The van der Waals surface area contributed by atoms with E-state index in [1.54, 1.807) is 0 Å². The Labute approximate surface area is 209 Å². The molecule has 6 nitrogen and oxygen atoms in total. The predicted octanol–water partition coefficient (Wildman–Crippen LogP) is 4.17. The standard InChI is InChI=1S/C29H41N3O3/c33-28(15-26-20-11-19-12-21(26)18-29(34,16-19)17-20)32-22-4-5-23(32)14-25(13-22)35-24-6-9-31(10-7-24)27-3-1-2-8-30-27/h1-3,8,19-26,34H,4-7,9-18H2/t19?,20?,21?,22-,23+,25?,26?,29?. The van der Waals surface area contributed by atoms with E-state index in [4.69, 9.17) is 4.74 Å². The Morgan fingerprint density at radius 2 is 1.69 bits per heavy atom. The number of anilines is 1. The van der Waals surface area contributed by atoms with Crippen molar-refractivity contribution in [2.45, 2.75) is 107 Å². The summed E-state index contributed by atoms with van der Waals surface area (Å²) in [5, 5.41) is 10.9. The zero-order valence-electron chi connectivity index (χ0n) is 20.9. The van der Waals surface area contributed by atoms with Crippen LogP contribution in [0.1, 0.15) is 77.0 Å². The minimum absolute atomic E-state index is 0.304. The maximum absolute atomic E-state index is 13.6. The number of ether oxygens (including phenoxy) is 1. The third-order valence-electron chi connectivity index (χ3n) is 10.6. The van der Waals surface area contributed by atoms with E-state index in [2.05, 4.69) is 26.9 Å². The average Bonchev–Trinajstić information content (AvgIpc) is 3.12. The fraction of sp³-hybridized carbons (Fsp3) is 0.793. The SMILES string of the molecule is O=C(CC1C2CC3CC1CC(O)(C3)C2)N1[C@@H]2CC[C@H]1CC(OC1CCN(c3ccccn3)CC1)C2. The summed E-state index contributed by atoms with van der Waals surface area (Å²) >= 11 is 0. The van der Waals surface area contributed by atoms with Gasteiger partial charge in [0.2, 0.25) is 5.91 Å². The van der Waals surface area contributed by atoms with Gasteiger partial charge in [-0.2, -0.15) is 0 Å². The summed E-state index contributed by atoms with van der Waals surface area (Å²) in [5.41, 5.74) is -0.404. The lowest BCUT2D eigenvalue weighted by Gasteiger charge is -2.58. The van der Waals surface area contributed by atoms with E-state index in [9.17, 15) is 9.90 Å². The number of hydrogen-bond acceptors (Lipinski definition) is 5. The van der Waals surface area contributed by atoms with E-state index in [1.165, 1.54) is 12.8 Å². The predicted molar refractivity (Wildman–Crippen MR) is 134 cm³/mol. The van der Waals surface area contributed by atoms with Crippen molar-refractivity contribution in [3.63, 3.8) is 0 Å². The zero-order chi connectivity index (χ0) is 23.6. The lowest BCUT2D eigenvalue weighted by Crippen LogP contribution is -2.56. The Bertz CT molecular complexity index is 902. The average molecular weight is 480 g/mol. The molecule has 1 amide bonds. The monoisotopic (exact) mass is 479 g/mol. The molecule has 8 rings (SSSR count). The number of hydrogen-bond donors (Lipinski definition) is 1. The molecule has 3 unspecified atom stereocenters. The number of piperidine rings is 2. The minimum atomic E-state index is -0.404. The van der Waals surface area contributed by atoms with Gasteiger partial charge in [0.25, 0.3) is 0 Å². The quantitative estimate of drug-likeness (QED) is 0.687. The third kappa shape index (κ3) is 4.19. The molecule has 0 aromatic carbocycles. The molecule has 1 N–H and O–H groups in total. The highest BCUT2D eigenvalue weighted by Crippen LogP contribution is 2.59. The first kappa shape index (κ1) is 22.5. The van der Waals surface area contributed by atoms with Crippen LogP contribution in [-0.4, -0.2) is 63.9 Å². The van der Waals surface area contributed by atoms with Gasteiger partial charge in [-0.15, -0.1) is 0 Å². The lowest BCUT2D eigenvalue weighted by atomic mass is 9.49. The van der Waals surface area contributed by atoms with Crippen LogP contribution in [0.4, 0.5) is 5.82 Å². The number of carbonyl (C=O) groups is 1. The Kier molecular flexibility index (Phi) is 5.62. The van der Waals surface area contributed by atoms with Gasteiger partial charge in [-0.1, -0.05) is 6.07 Å². The summed E-state index contributed by atoms with van der Waals surface area (Å²) in [7, 11) is 0. The fourth-order valence-electron chi connectivity index (χ4n) is 9.41. The van der Waals surface area contributed by atoms with Crippen molar-refractivity contribution in [1.29, 1.82) is 0 Å². The molecule has 4 heterocycles. The smallest absolute Gasteiger partial charge is 0.223 e. The topological polar surface area (TPSA) is 65.9 Å². The number of carbonyl (C=O) groups excluding carboxylic acids is 1. The molecular formula is C29H41N3O3. The van der Waals surface area contributed by atoms with E-state index in [0.717, 1.165) is 83.1 Å². The van der Waals surface area contributed by atoms with E-state index >= 15 is 0 Å². The van der Waals surface area contributed by atoms with Crippen molar-refractivity contribution in [2.75, 3.05) is 18.0 Å². The van der Waals surface area contributed by atoms with Crippen LogP contribution in [0.2, 0.25) is 0 Å². The molecule has 35 heavy (non-hydrogen) atoms. The molecule has 7 aliphatic rings. The molecule has 1 aromatic rings. The Hall–Kier alpha value is -1.66. The second-order valence-corrected chi connectivity index (χ2v) is 12.9. The van der Waals surface area contributed by atoms with Crippen molar-refractivity contribution in [1.82, 2.24) is 9.88 Å². The largest absolute Gasteiger partial charge is 0.390 e. The first-order valence-corrected chi connectivity index (χ1v) is 14.4. The number of nitrogens with zero attached hydrogens (tertiary/aromatic N) is 3. The maximum atomic E-state index is 13.6. The molecular weight excluding hydrogens is 438 g/mol. The van der Waals surface area contributed by atoms with Crippen molar-refractivity contribution in [2.24, 2.45) is 23.7 Å². The molecule has 4 aliphatic carbocycles. The van der Waals surface area contributed by atoms with Gasteiger partial charge in [0.05, 0.1) is 17.8 Å². The van der Waals surface area contributed by atoms with E-state index < -0.39 is 5.60 Å². The molecule has 7 fully saturated rings. The van der Waals surface area contributed by atoms with Crippen molar-refractivity contribution in [3.05, 3.63) is 24.4 Å². The van der Waals surface area contributed by atoms with Gasteiger partial charge >= 0.3 is 0 Å².